The van der Waals surface area contributed by atoms with Gasteiger partial charge in [-0.15, -0.1) is 0 Å². The number of hydrogen-bond acceptors (Lipinski definition) is 3. The van der Waals surface area contributed by atoms with Crippen molar-refractivity contribution in [3.63, 3.8) is 0 Å². The second-order valence-corrected chi connectivity index (χ2v) is 5.00. The van der Waals surface area contributed by atoms with E-state index < -0.39 is 17.7 Å². The second-order valence-electron chi connectivity index (χ2n) is 3.97. The van der Waals surface area contributed by atoms with Gasteiger partial charge in [-0.3, -0.25) is 9.20 Å². The third-order valence-electron chi connectivity index (χ3n) is 2.57. The molecule has 0 aliphatic rings. The molecular weight excluding hydrogens is 388 g/mol. The summed E-state index contributed by atoms with van der Waals surface area (Å²) in [7, 11) is 0. The quantitative estimate of drug-likeness (QED) is 0.590. The molecule has 0 saturated heterocycles. The highest BCUT2D eigenvalue weighted by atomic mass is 127. The monoisotopic (exact) mass is 398 g/mol. The van der Waals surface area contributed by atoms with Crippen LogP contribution in [0.25, 0.3) is 5.65 Å². The maximum atomic E-state index is 12.7. The largest absolute Gasteiger partial charge is 0.466 e. The predicted molar refractivity (Wildman–Crippen MR) is 73.2 cm³/mol. The van der Waals surface area contributed by atoms with Crippen LogP contribution in [0.5, 0.6) is 0 Å². The molecule has 8 heteroatoms. The molecule has 0 N–H and O–H groups in total. The van der Waals surface area contributed by atoms with Gasteiger partial charge in [0, 0.05) is 6.20 Å². The van der Waals surface area contributed by atoms with Gasteiger partial charge in [-0.1, -0.05) is 0 Å². The van der Waals surface area contributed by atoms with E-state index >= 15 is 0 Å². The number of pyridine rings is 1. The van der Waals surface area contributed by atoms with Crippen LogP contribution in [0.2, 0.25) is 0 Å². The number of nitrogens with zero attached hydrogens (tertiary/aromatic N) is 2. The van der Waals surface area contributed by atoms with Crippen molar-refractivity contribution < 1.29 is 22.7 Å². The molecule has 2 heterocycles. The first kappa shape index (κ1) is 15.1. The smallest absolute Gasteiger partial charge is 0.417 e. The lowest BCUT2D eigenvalue weighted by atomic mass is 10.3. The normalized spacial score (nSPS) is 11.8. The lowest BCUT2D eigenvalue weighted by molar-refractivity contribution is -0.142. The topological polar surface area (TPSA) is 43.6 Å². The molecule has 108 valence electrons. The Morgan fingerprint density at radius 3 is 2.75 bits per heavy atom. The average molecular weight is 398 g/mol. The molecule has 2 aromatic heterocycles. The summed E-state index contributed by atoms with van der Waals surface area (Å²) in [6, 6.07) is 2.24. The first-order valence-electron chi connectivity index (χ1n) is 5.72. The highest BCUT2D eigenvalue weighted by molar-refractivity contribution is 14.1. The van der Waals surface area contributed by atoms with Crippen molar-refractivity contribution in [1.82, 2.24) is 9.38 Å². The number of ether oxygens (including phenoxy) is 1. The van der Waals surface area contributed by atoms with Crippen molar-refractivity contribution in [2.75, 3.05) is 6.61 Å². The minimum atomic E-state index is -4.41. The molecule has 0 unspecified atom stereocenters. The summed E-state index contributed by atoms with van der Waals surface area (Å²) in [5, 5.41) is 0. The standard InChI is InChI=1S/C12H10F3IN2O2/c1-2-20-10(19)5-8-11(16)18-6-7(12(13,14)15)3-4-9(18)17-8/h3-4,6H,2,5H2,1H3. The Morgan fingerprint density at radius 1 is 1.45 bits per heavy atom. The van der Waals surface area contributed by atoms with Crippen LogP contribution in [0.15, 0.2) is 18.3 Å². The average Bonchev–Trinajstić information content (AvgIpc) is 2.65. The van der Waals surface area contributed by atoms with Crippen molar-refractivity contribution >= 4 is 34.2 Å². The Balaban J connectivity index is 2.40. The van der Waals surface area contributed by atoms with Crippen molar-refractivity contribution in [2.24, 2.45) is 0 Å². The highest BCUT2D eigenvalue weighted by Gasteiger charge is 2.31. The van der Waals surface area contributed by atoms with Gasteiger partial charge in [0.2, 0.25) is 0 Å². The van der Waals surface area contributed by atoms with Crippen molar-refractivity contribution in [3.8, 4) is 0 Å². The molecule has 4 nitrogen and oxygen atoms in total. The van der Waals surface area contributed by atoms with Gasteiger partial charge in [0.05, 0.1) is 24.3 Å². The Hall–Kier alpha value is -1.32. The number of alkyl halides is 3. The number of carbonyl (C=O) groups excluding carboxylic acids is 1. The van der Waals surface area contributed by atoms with Gasteiger partial charge in [0.1, 0.15) is 9.35 Å². The Kier molecular flexibility index (Phi) is 4.21. The molecule has 0 amide bonds. The lowest BCUT2D eigenvalue weighted by Crippen LogP contribution is -2.09. The fourth-order valence-electron chi connectivity index (χ4n) is 1.69. The van der Waals surface area contributed by atoms with E-state index in [0.29, 0.717) is 15.0 Å². The fourth-order valence-corrected chi connectivity index (χ4v) is 2.39. The third-order valence-corrected chi connectivity index (χ3v) is 3.71. The number of carbonyl (C=O) groups is 1. The van der Waals surface area contributed by atoms with E-state index in [9.17, 15) is 18.0 Å². The van der Waals surface area contributed by atoms with Crippen molar-refractivity contribution in [1.29, 1.82) is 0 Å². The minimum absolute atomic E-state index is 0.0604. The molecule has 0 fully saturated rings. The van der Waals surface area contributed by atoms with E-state index in [-0.39, 0.29) is 13.0 Å². The predicted octanol–water partition coefficient (Wildman–Crippen LogP) is 3.06. The van der Waals surface area contributed by atoms with Crippen LogP contribution < -0.4 is 0 Å². The highest BCUT2D eigenvalue weighted by Crippen LogP contribution is 2.30. The van der Waals surface area contributed by atoms with E-state index in [1.54, 1.807) is 6.92 Å². The SMILES string of the molecule is CCOC(=O)Cc1nc2ccc(C(F)(F)F)cn2c1I. The van der Waals surface area contributed by atoms with Gasteiger partial charge in [-0.2, -0.15) is 13.2 Å². The zero-order chi connectivity index (χ0) is 14.9. The Bertz CT molecular complexity index is 652. The maximum absolute atomic E-state index is 12.7. The van der Waals surface area contributed by atoms with Crippen LogP contribution in [0, 0.1) is 3.70 Å². The van der Waals surface area contributed by atoms with E-state index in [1.807, 2.05) is 22.6 Å². The Labute approximate surface area is 126 Å². The molecule has 0 aliphatic heterocycles. The third kappa shape index (κ3) is 3.05. The summed E-state index contributed by atoms with van der Waals surface area (Å²) >= 11 is 1.87. The molecule has 0 spiro atoms. The number of imidazole rings is 1. The molecule has 2 rings (SSSR count). The zero-order valence-electron chi connectivity index (χ0n) is 10.4. The Morgan fingerprint density at radius 2 is 2.15 bits per heavy atom. The number of aromatic nitrogens is 2. The van der Waals surface area contributed by atoms with Gasteiger partial charge in [0.25, 0.3) is 0 Å². The summed E-state index contributed by atoms with van der Waals surface area (Å²) in [6.07, 6.45) is -3.50. The van der Waals surface area contributed by atoms with Crippen LogP contribution in [0.1, 0.15) is 18.2 Å². The van der Waals surface area contributed by atoms with Crippen LogP contribution in [0.3, 0.4) is 0 Å². The molecule has 0 aromatic carbocycles. The molecule has 2 aromatic rings. The van der Waals surface area contributed by atoms with E-state index in [0.717, 1.165) is 12.3 Å². The molecule has 0 atom stereocenters. The fraction of sp³-hybridized carbons (Fsp3) is 0.333. The first-order chi connectivity index (χ1) is 9.32. The summed E-state index contributed by atoms with van der Waals surface area (Å²) < 4.78 is 44.6. The second kappa shape index (κ2) is 5.58. The van der Waals surface area contributed by atoms with Gasteiger partial charge >= 0.3 is 12.1 Å². The van der Waals surface area contributed by atoms with E-state index in [2.05, 4.69) is 4.98 Å². The number of halogens is 4. The van der Waals surface area contributed by atoms with Gasteiger partial charge in [-0.05, 0) is 41.6 Å². The van der Waals surface area contributed by atoms with Gasteiger partial charge < -0.3 is 4.74 Å². The number of esters is 1. The number of rotatable bonds is 3. The summed E-state index contributed by atoms with van der Waals surface area (Å²) in [4.78, 5) is 15.6. The molecule has 20 heavy (non-hydrogen) atoms. The van der Waals surface area contributed by atoms with E-state index in [4.69, 9.17) is 4.74 Å². The van der Waals surface area contributed by atoms with Crippen LogP contribution >= 0.6 is 22.6 Å². The molecule has 0 bridgehead atoms. The van der Waals surface area contributed by atoms with Crippen molar-refractivity contribution in [2.45, 2.75) is 19.5 Å². The first-order valence-corrected chi connectivity index (χ1v) is 6.80. The van der Waals surface area contributed by atoms with Crippen LogP contribution in [0.4, 0.5) is 13.2 Å². The van der Waals surface area contributed by atoms with Crippen molar-refractivity contribution in [3.05, 3.63) is 33.3 Å². The maximum Gasteiger partial charge on any atom is 0.417 e. The zero-order valence-corrected chi connectivity index (χ0v) is 12.5. The molecule has 0 radical (unpaired) electrons. The summed E-state index contributed by atoms with van der Waals surface area (Å²) in [6.45, 7) is 1.93. The van der Waals surface area contributed by atoms with Gasteiger partial charge in [-0.25, -0.2) is 4.98 Å². The molecule has 0 aliphatic carbocycles. The molecular formula is C12H10F3IN2O2. The van der Waals surface area contributed by atoms with Crippen LogP contribution in [-0.2, 0) is 22.1 Å². The number of hydrogen-bond donors (Lipinski definition) is 0. The van der Waals surface area contributed by atoms with E-state index in [1.165, 1.54) is 10.5 Å². The summed E-state index contributed by atoms with van der Waals surface area (Å²) in [5.74, 6) is -0.454. The number of fused-ring (bicyclic) bond motifs is 1. The summed E-state index contributed by atoms with van der Waals surface area (Å²) in [5.41, 5.74) is 0.00748. The van der Waals surface area contributed by atoms with Crippen LogP contribution in [-0.4, -0.2) is 22.0 Å². The molecule has 0 saturated carbocycles. The lowest BCUT2D eigenvalue weighted by Gasteiger charge is -2.06. The minimum Gasteiger partial charge on any atom is -0.466 e. The van der Waals surface area contributed by atoms with Gasteiger partial charge in [0.15, 0.2) is 0 Å².